The van der Waals surface area contributed by atoms with Crippen LogP contribution < -0.4 is 85.1 Å². The van der Waals surface area contributed by atoms with Gasteiger partial charge in [0, 0.05) is 25.1 Å². The highest BCUT2D eigenvalue weighted by Gasteiger charge is 2.42. The van der Waals surface area contributed by atoms with Crippen molar-refractivity contribution in [2.24, 2.45) is 35.5 Å². The summed E-state index contributed by atoms with van der Waals surface area (Å²) in [5.74, 6) is -21.8. The van der Waals surface area contributed by atoms with Crippen LogP contribution in [0.15, 0.2) is 30.3 Å². The topological polar surface area (TPSA) is 621 Å². The Morgan fingerprint density at radius 1 is 0.447 bits per heavy atom. The first-order valence-electron chi connectivity index (χ1n) is 41.8. The van der Waals surface area contributed by atoms with Crippen molar-refractivity contribution in [1.82, 2.24) is 90.0 Å². The number of hydrogen-bond donors (Lipinski definition) is 22. The van der Waals surface area contributed by atoms with Gasteiger partial charge in [-0.25, -0.2) is 4.79 Å². The Kier molecular flexibility index (Phi) is 46.3. The third-order valence-electron chi connectivity index (χ3n) is 20.2. The SMILES string of the molecule is CC[C@H](C)[C@H](NC(=O)[C@H](CCC(=O)O)NC(=O)CNC(=O)[C@@H](NC(=O)[C@H](CC(C)C)NC(=O)[C@H](CC(C)C)NC(=O)[C@H](CC(C)C)NC(=O)[C@H](CC(C)C)NC(=O)[C@H](CS)NC(=O)[C@H](CO)NC(=O)[C@H](Cc1ccccc1)NC(=O)CNC(=O)[C@H](C)NC(=O)[C@@H]1CCCN1)[C@@H](C)O)C(=O)N[C@@H](CC(=O)O)C(=O)N[C@@H](CC(C)C)C(=O)N1CCC[C@H]1C(=O)O. The number of aliphatic carboxylic acids is 3. The fourth-order valence-electron chi connectivity index (χ4n) is 13.5. The van der Waals surface area contributed by atoms with Gasteiger partial charge in [0.15, 0.2) is 0 Å². The second-order valence-electron chi connectivity index (χ2n) is 33.4. The number of carboxylic acids is 3. The monoisotopic (exact) mass is 1760 g/mol. The second kappa shape index (κ2) is 53.4. The fraction of sp³-hybridized carbons (Fsp3) is 0.691. The van der Waals surface area contributed by atoms with Gasteiger partial charge in [0.1, 0.15) is 84.6 Å². The van der Waals surface area contributed by atoms with E-state index in [9.17, 15) is 117 Å². The number of likely N-dealkylation sites (tertiary alicyclic amines) is 1. The summed E-state index contributed by atoms with van der Waals surface area (Å²) in [5, 5.41) is 90.9. The van der Waals surface area contributed by atoms with Crippen LogP contribution >= 0.6 is 12.6 Å². The number of thiol groups is 1. The zero-order valence-corrected chi connectivity index (χ0v) is 73.5. The molecule has 3 rings (SSSR count). The van der Waals surface area contributed by atoms with E-state index in [1.807, 2.05) is 0 Å². The standard InChI is InChI=1S/C81H131N17O24S/c1-15-45(12)65(79(119)92-56(35-64(105)106)74(114)93-57(33-44(10)11)80(120)98-28-20-24-60(98)81(121)122)96-69(109)50(25-26-63(103)104)86-61(101)37-84-78(118)66(47(14)100)97-75(115)54(32-43(8)9)90-71(111)52(30-41(4)5)88-70(110)51(29-40(2)3)89-72(112)53(31-42(6)7)91-77(117)59(39-123)95-76(116)58(38-99)94-73(113)55(34-48-21-17-16-18-22-48)87-62(102)36-83-67(107)46(13)85-68(108)49-23-19-27-82-49/h16-18,21-22,40-47,49-60,65-66,82,99-100,123H,15,19-20,23-39H2,1-14H3,(H,83,107)(H,84,118)(H,85,108)(H,86,101)(H,87,102)(H,88,110)(H,89,112)(H,90,111)(H,91,117)(H,92,119)(H,93,114)(H,94,113)(H,95,116)(H,96,109)(H,97,115)(H,103,104)(H,105,106)(H,121,122)/t45-,46-,47+,49-,50-,51-,52-,53-,54-,55-,56-,57-,58-,59-,60-,65-,66-/m0/s1. The average Bonchev–Trinajstić information content (AvgIpc) is 1.02. The minimum absolute atomic E-state index is 0.00156. The van der Waals surface area contributed by atoms with Crippen LogP contribution in [0.3, 0.4) is 0 Å². The lowest BCUT2D eigenvalue weighted by molar-refractivity contribution is -0.150. The third-order valence-corrected chi connectivity index (χ3v) is 20.6. The van der Waals surface area contributed by atoms with Crippen molar-refractivity contribution in [2.75, 3.05) is 38.5 Å². The normalized spacial score (nSPS) is 17.5. The number of aliphatic hydroxyl groups excluding tert-OH is 2. The molecule has 2 saturated heterocycles. The molecule has 0 spiro atoms. The molecular weight excluding hydrogens is 1630 g/mol. The number of amides is 16. The Morgan fingerprint density at radius 3 is 1.31 bits per heavy atom. The third kappa shape index (κ3) is 38.0. The Morgan fingerprint density at radius 2 is 0.862 bits per heavy atom. The van der Waals surface area contributed by atoms with Gasteiger partial charge in [-0.2, -0.15) is 12.6 Å². The minimum Gasteiger partial charge on any atom is -0.481 e. The first kappa shape index (κ1) is 107. The molecule has 2 aliphatic rings. The quantitative estimate of drug-likeness (QED) is 0.0282. The van der Waals surface area contributed by atoms with Gasteiger partial charge in [0.2, 0.25) is 94.5 Å². The molecule has 0 radical (unpaired) electrons. The number of rotatable bonds is 54. The predicted molar refractivity (Wildman–Crippen MR) is 449 cm³/mol. The number of carbonyl (C=O) groups excluding carboxylic acids is 16. The summed E-state index contributed by atoms with van der Waals surface area (Å²) in [5.41, 5.74) is 0.571. The lowest BCUT2D eigenvalue weighted by atomic mass is 9.96. The molecule has 123 heavy (non-hydrogen) atoms. The summed E-state index contributed by atoms with van der Waals surface area (Å²) in [6.07, 6.45) is -2.32. The summed E-state index contributed by atoms with van der Waals surface area (Å²) < 4.78 is 0. The van der Waals surface area contributed by atoms with E-state index in [1.54, 1.807) is 106 Å². The second-order valence-corrected chi connectivity index (χ2v) is 33.8. The molecule has 41 nitrogen and oxygen atoms in total. The van der Waals surface area contributed by atoms with E-state index in [4.69, 9.17) is 0 Å². The lowest BCUT2D eigenvalue weighted by Gasteiger charge is -2.30. The van der Waals surface area contributed by atoms with Crippen molar-refractivity contribution >= 4 is 125 Å². The molecule has 0 aromatic heterocycles. The van der Waals surface area contributed by atoms with E-state index in [2.05, 4.69) is 97.7 Å². The van der Waals surface area contributed by atoms with Crippen LogP contribution in [0.2, 0.25) is 0 Å². The maximum absolute atomic E-state index is 14.6. The lowest BCUT2D eigenvalue weighted by Crippen LogP contribution is -2.61. The van der Waals surface area contributed by atoms with E-state index in [1.165, 1.54) is 13.8 Å². The molecule has 1 aromatic rings. The molecule has 1 aromatic carbocycles. The van der Waals surface area contributed by atoms with Gasteiger partial charge in [0.05, 0.1) is 38.3 Å². The molecule has 2 fully saturated rings. The van der Waals surface area contributed by atoms with Gasteiger partial charge in [-0.3, -0.25) is 86.3 Å². The number of nitrogens with one attached hydrogen (secondary N) is 16. The number of carbonyl (C=O) groups is 19. The van der Waals surface area contributed by atoms with Gasteiger partial charge in [-0.1, -0.05) is 120 Å². The molecule has 2 heterocycles. The molecule has 17 atom stereocenters. The molecule has 2 aliphatic heterocycles. The fourth-order valence-corrected chi connectivity index (χ4v) is 13.8. The minimum atomic E-state index is -1.87. The Hall–Kier alpha value is -10.6. The Labute approximate surface area is 722 Å². The van der Waals surface area contributed by atoms with E-state index in [0.717, 1.165) is 18.2 Å². The molecule has 0 bridgehead atoms. The predicted octanol–water partition coefficient (Wildman–Crippen LogP) is -3.47. The average molecular weight is 1760 g/mol. The zero-order valence-electron chi connectivity index (χ0n) is 72.6. The van der Waals surface area contributed by atoms with E-state index >= 15 is 0 Å². The largest absolute Gasteiger partial charge is 0.481 e. The van der Waals surface area contributed by atoms with Crippen molar-refractivity contribution < 1.29 is 117 Å². The highest BCUT2D eigenvalue weighted by molar-refractivity contribution is 7.80. The van der Waals surface area contributed by atoms with Crippen LogP contribution in [0, 0.1) is 35.5 Å². The number of carboxylic acid groups (broad SMARTS) is 3. The number of nitrogens with zero attached hydrogens (tertiary/aromatic N) is 1. The van der Waals surface area contributed by atoms with Crippen molar-refractivity contribution in [3.63, 3.8) is 0 Å². The summed E-state index contributed by atoms with van der Waals surface area (Å²) in [6, 6.07) is -12.9. The van der Waals surface area contributed by atoms with E-state index < -0.39 is 254 Å². The van der Waals surface area contributed by atoms with E-state index in [-0.39, 0.29) is 93.4 Å². The van der Waals surface area contributed by atoms with Crippen LogP contribution in [0.25, 0.3) is 0 Å². The van der Waals surface area contributed by atoms with Crippen LogP contribution in [0.4, 0.5) is 0 Å². The smallest absolute Gasteiger partial charge is 0.326 e. The highest BCUT2D eigenvalue weighted by Crippen LogP contribution is 2.22. The van der Waals surface area contributed by atoms with Gasteiger partial charge < -0.3 is 116 Å². The molecule has 16 amide bonds. The number of hydrogen-bond acceptors (Lipinski definition) is 23. The molecule has 690 valence electrons. The first-order chi connectivity index (χ1) is 57.7. The van der Waals surface area contributed by atoms with Crippen molar-refractivity contribution in [3.05, 3.63) is 35.9 Å². The summed E-state index contributed by atoms with van der Waals surface area (Å²) in [7, 11) is 0. The summed E-state index contributed by atoms with van der Waals surface area (Å²) in [4.78, 5) is 259. The maximum Gasteiger partial charge on any atom is 0.326 e. The summed E-state index contributed by atoms with van der Waals surface area (Å²) in [6.45, 7) is 21.1. The molecule has 0 unspecified atom stereocenters. The molecule has 42 heteroatoms. The van der Waals surface area contributed by atoms with Crippen molar-refractivity contribution in [1.29, 1.82) is 0 Å². The maximum atomic E-state index is 14.6. The Bertz CT molecular complexity index is 3790. The van der Waals surface area contributed by atoms with E-state index in [0.29, 0.717) is 24.9 Å². The highest BCUT2D eigenvalue weighted by atomic mass is 32.1. The molecular formula is C81H131N17O24S. The van der Waals surface area contributed by atoms with Gasteiger partial charge in [-0.15, -0.1) is 0 Å². The van der Waals surface area contributed by atoms with Crippen LogP contribution in [-0.4, -0.2) is 278 Å². The van der Waals surface area contributed by atoms with Crippen LogP contribution in [0.1, 0.15) is 186 Å². The van der Waals surface area contributed by atoms with Crippen LogP contribution in [-0.2, 0) is 97.5 Å². The Balaban J connectivity index is 1.78. The summed E-state index contributed by atoms with van der Waals surface area (Å²) >= 11 is 4.28. The number of benzene rings is 1. The van der Waals surface area contributed by atoms with Gasteiger partial charge >= 0.3 is 17.9 Å². The molecule has 0 aliphatic carbocycles. The van der Waals surface area contributed by atoms with Crippen molar-refractivity contribution in [3.8, 4) is 0 Å². The first-order valence-corrected chi connectivity index (χ1v) is 42.5. The van der Waals surface area contributed by atoms with Gasteiger partial charge in [-0.05, 0) is 126 Å². The molecule has 0 saturated carbocycles. The number of aliphatic hydroxyl groups is 2. The van der Waals surface area contributed by atoms with Gasteiger partial charge in [0.25, 0.3) is 0 Å². The van der Waals surface area contributed by atoms with Crippen LogP contribution in [0.5, 0.6) is 0 Å². The van der Waals surface area contributed by atoms with Crippen molar-refractivity contribution in [2.45, 2.75) is 284 Å². The zero-order chi connectivity index (χ0) is 92.8. The molecule has 21 N–H and O–H groups in total.